The molecule has 1 aliphatic rings. The molecule has 0 fully saturated rings. The Morgan fingerprint density at radius 1 is 1.33 bits per heavy atom. The standard InChI is InChI=1S/C17H18N2O5/c1-2-23-17(21)14-15(24-10-12-6-4-3-5-7-12)16(20)19-8-9-22-11-13(19)18-14/h3-7H,2,8-11H2,1H3/p+1. The highest BCUT2D eigenvalue weighted by molar-refractivity contribution is 5.88. The van der Waals surface area contributed by atoms with Crippen molar-refractivity contribution < 1.29 is 24.0 Å². The fraction of sp³-hybridized carbons (Fsp3) is 0.353. The van der Waals surface area contributed by atoms with Crippen molar-refractivity contribution in [3.8, 4) is 5.75 Å². The second kappa shape index (κ2) is 7.27. The van der Waals surface area contributed by atoms with E-state index < -0.39 is 5.97 Å². The van der Waals surface area contributed by atoms with Crippen LogP contribution in [0.5, 0.6) is 5.75 Å². The van der Waals surface area contributed by atoms with E-state index in [1.165, 1.54) is 4.57 Å². The van der Waals surface area contributed by atoms with E-state index in [0.717, 1.165) is 5.56 Å². The first kappa shape index (κ1) is 16.2. The minimum absolute atomic E-state index is 0.0227. The van der Waals surface area contributed by atoms with Gasteiger partial charge in [-0.2, -0.15) is 4.57 Å². The lowest BCUT2D eigenvalue weighted by Crippen LogP contribution is -2.41. The average molecular weight is 331 g/mol. The van der Waals surface area contributed by atoms with Crippen LogP contribution in [0.25, 0.3) is 0 Å². The van der Waals surface area contributed by atoms with Gasteiger partial charge in [-0.05, 0) is 12.5 Å². The van der Waals surface area contributed by atoms with Crippen molar-refractivity contribution in [2.75, 3.05) is 13.2 Å². The highest BCUT2D eigenvalue weighted by Crippen LogP contribution is 2.14. The summed E-state index contributed by atoms with van der Waals surface area (Å²) in [6, 6.07) is 9.44. The van der Waals surface area contributed by atoms with Gasteiger partial charge in [0, 0.05) is 0 Å². The lowest BCUT2D eigenvalue weighted by molar-refractivity contribution is -0.414. The van der Waals surface area contributed by atoms with Gasteiger partial charge in [0.15, 0.2) is 0 Å². The SMILES string of the molecule is CCOC(=O)c1[nH+]c2n(c(=O)c1OCc1ccccc1)CCOC2. The van der Waals surface area contributed by atoms with Crippen LogP contribution in [0.1, 0.15) is 28.8 Å². The zero-order valence-electron chi connectivity index (χ0n) is 13.4. The predicted octanol–water partition coefficient (Wildman–Crippen LogP) is 0.948. The van der Waals surface area contributed by atoms with Gasteiger partial charge < -0.3 is 14.2 Å². The number of benzene rings is 1. The summed E-state index contributed by atoms with van der Waals surface area (Å²) < 4.78 is 17.6. The van der Waals surface area contributed by atoms with Gasteiger partial charge in [-0.25, -0.2) is 14.6 Å². The number of carbonyl (C=O) groups excluding carboxylic acids is 1. The molecule has 1 aliphatic heterocycles. The molecule has 1 aromatic heterocycles. The van der Waals surface area contributed by atoms with Crippen LogP contribution < -0.4 is 15.3 Å². The average Bonchev–Trinajstić information content (AvgIpc) is 2.62. The molecule has 0 saturated heterocycles. The lowest BCUT2D eigenvalue weighted by atomic mass is 10.2. The van der Waals surface area contributed by atoms with Crippen LogP contribution in [-0.2, 0) is 29.2 Å². The largest absolute Gasteiger partial charge is 0.478 e. The Bertz CT molecular complexity index is 786. The number of rotatable bonds is 5. The summed E-state index contributed by atoms with van der Waals surface area (Å²) in [6.07, 6.45) is 0. The number of fused-ring (bicyclic) bond motifs is 1. The molecule has 0 spiro atoms. The van der Waals surface area contributed by atoms with E-state index in [1.807, 2.05) is 30.3 Å². The predicted molar refractivity (Wildman–Crippen MR) is 83.6 cm³/mol. The maximum atomic E-state index is 12.7. The fourth-order valence-corrected chi connectivity index (χ4v) is 2.51. The second-order valence-electron chi connectivity index (χ2n) is 5.28. The highest BCUT2D eigenvalue weighted by atomic mass is 16.5. The summed E-state index contributed by atoms with van der Waals surface area (Å²) in [5, 5.41) is 0. The van der Waals surface area contributed by atoms with Crippen molar-refractivity contribution in [1.29, 1.82) is 0 Å². The van der Waals surface area contributed by atoms with Gasteiger partial charge in [0.05, 0.1) is 13.2 Å². The molecule has 1 aromatic carbocycles. The van der Waals surface area contributed by atoms with E-state index in [-0.39, 0.29) is 36.8 Å². The summed E-state index contributed by atoms with van der Waals surface area (Å²) in [6.45, 7) is 3.19. The van der Waals surface area contributed by atoms with Crippen LogP contribution in [0.15, 0.2) is 35.1 Å². The molecule has 2 heterocycles. The van der Waals surface area contributed by atoms with Crippen LogP contribution in [0, 0.1) is 0 Å². The third-order valence-electron chi connectivity index (χ3n) is 3.67. The maximum absolute atomic E-state index is 12.7. The minimum Gasteiger partial charge on any atom is -0.478 e. The van der Waals surface area contributed by atoms with Gasteiger partial charge in [0.25, 0.3) is 17.3 Å². The molecule has 0 radical (unpaired) electrons. The molecule has 7 heteroatoms. The molecule has 7 nitrogen and oxygen atoms in total. The van der Waals surface area contributed by atoms with E-state index in [9.17, 15) is 9.59 Å². The number of hydrogen-bond donors (Lipinski definition) is 0. The second-order valence-corrected chi connectivity index (χ2v) is 5.28. The number of aromatic nitrogens is 2. The van der Waals surface area contributed by atoms with Crippen LogP contribution in [0.3, 0.4) is 0 Å². The highest BCUT2D eigenvalue weighted by Gasteiger charge is 2.31. The Labute approximate surface area is 138 Å². The first-order chi connectivity index (χ1) is 11.7. The van der Waals surface area contributed by atoms with Gasteiger partial charge >= 0.3 is 11.5 Å². The Balaban J connectivity index is 1.98. The van der Waals surface area contributed by atoms with Crippen molar-refractivity contribution in [3.05, 3.63) is 57.8 Å². The van der Waals surface area contributed by atoms with Crippen LogP contribution >= 0.6 is 0 Å². The molecule has 2 aromatic rings. The summed E-state index contributed by atoms with van der Waals surface area (Å²) in [5.74, 6) is -0.115. The first-order valence-corrected chi connectivity index (χ1v) is 7.81. The number of nitrogens with zero attached hydrogens (tertiary/aromatic N) is 1. The number of ether oxygens (including phenoxy) is 3. The zero-order chi connectivity index (χ0) is 16.9. The van der Waals surface area contributed by atoms with Crippen LogP contribution in [0.2, 0.25) is 0 Å². The number of hydrogen-bond acceptors (Lipinski definition) is 5. The summed E-state index contributed by atoms with van der Waals surface area (Å²) in [7, 11) is 0. The number of nitrogens with one attached hydrogen (secondary N) is 1. The van der Waals surface area contributed by atoms with Gasteiger partial charge in [-0.3, -0.25) is 0 Å². The number of H-pyrrole nitrogens is 1. The van der Waals surface area contributed by atoms with E-state index in [1.54, 1.807) is 6.92 Å². The molecule has 1 N–H and O–H groups in total. The summed E-state index contributed by atoms with van der Waals surface area (Å²) in [5.41, 5.74) is 0.568. The molecule has 0 bridgehead atoms. The van der Waals surface area contributed by atoms with E-state index in [2.05, 4.69) is 4.98 Å². The van der Waals surface area contributed by atoms with Crippen LogP contribution in [0.4, 0.5) is 0 Å². The maximum Gasteiger partial charge on any atom is 0.382 e. The van der Waals surface area contributed by atoms with Crippen molar-refractivity contribution in [2.24, 2.45) is 0 Å². The number of aromatic amines is 1. The summed E-state index contributed by atoms with van der Waals surface area (Å²) in [4.78, 5) is 27.8. The molecular weight excluding hydrogens is 312 g/mol. The molecule has 126 valence electrons. The smallest absolute Gasteiger partial charge is 0.382 e. The normalized spacial score (nSPS) is 13.2. The minimum atomic E-state index is -0.619. The topological polar surface area (TPSA) is 80.9 Å². The number of carbonyl (C=O) groups is 1. The number of esters is 1. The van der Waals surface area contributed by atoms with E-state index in [4.69, 9.17) is 14.2 Å². The van der Waals surface area contributed by atoms with Gasteiger partial charge in [-0.15, -0.1) is 0 Å². The third kappa shape index (κ3) is 3.30. The van der Waals surface area contributed by atoms with Gasteiger partial charge in [-0.1, -0.05) is 30.3 Å². The monoisotopic (exact) mass is 331 g/mol. The zero-order valence-corrected chi connectivity index (χ0v) is 13.4. The van der Waals surface area contributed by atoms with Gasteiger partial charge in [0.1, 0.15) is 19.8 Å². The fourth-order valence-electron chi connectivity index (χ4n) is 2.51. The molecule has 0 saturated carbocycles. The molecule has 0 atom stereocenters. The van der Waals surface area contributed by atoms with Gasteiger partial charge in [0.2, 0.25) is 0 Å². The molecule has 3 rings (SSSR count). The molecular formula is C17H19N2O5+. The third-order valence-corrected chi connectivity index (χ3v) is 3.67. The van der Waals surface area contributed by atoms with Crippen molar-refractivity contribution in [2.45, 2.75) is 26.7 Å². The molecule has 0 unspecified atom stereocenters. The quantitative estimate of drug-likeness (QED) is 0.762. The Morgan fingerprint density at radius 2 is 2.12 bits per heavy atom. The first-order valence-electron chi connectivity index (χ1n) is 7.81. The Kier molecular flexibility index (Phi) is 4.90. The van der Waals surface area contributed by atoms with Crippen molar-refractivity contribution >= 4 is 5.97 Å². The van der Waals surface area contributed by atoms with Crippen molar-refractivity contribution in [3.63, 3.8) is 0 Å². The Morgan fingerprint density at radius 3 is 2.88 bits per heavy atom. The van der Waals surface area contributed by atoms with E-state index >= 15 is 0 Å². The Hall–Kier alpha value is -2.67. The lowest BCUT2D eigenvalue weighted by Gasteiger charge is -2.15. The molecule has 0 amide bonds. The molecule has 24 heavy (non-hydrogen) atoms. The molecule has 0 aliphatic carbocycles. The van der Waals surface area contributed by atoms with Crippen molar-refractivity contribution in [1.82, 2.24) is 4.57 Å². The summed E-state index contributed by atoms with van der Waals surface area (Å²) >= 11 is 0. The van der Waals surface area contributed by atoms with E-state index in [0.29, 0.717) is 19.0 Å². The van der Waals surface area contributed by atoms with Crippen LogP contribution in [-0.4, -0.2) is 23.8 Å².